The topological polar surface area (TPSA) is 84.0 Å². The van der Waals surface area contributed by atoms with Gasteiger partial charge >= 0.3 is 0 Å². The molecule has 0 aromatic heterocycles. The highest BCUT2D eigenvalue weighted by molar-refractivity contribution is 6.55. The average molecular weight is 200 g/mol. The quantitative estimate of drug-likeness (QED) is 0.681. The number of benzene rings is 1. The van der Waals surface area contributed by atoms with E-state index in [0.29, 0.717) is 11.1 Å². The second kappa shape index (κ2) is 3.16. The van der Waals surface area contributed by atoms with Crippen LogP contribution in [0.1, 0.15) is 11.1 Å². The van der Waals surface area contributed by atoms with Crippen LogP contribution in [0.5, 0.6) is 0 Å². The molecule has 1 aromatic carbocycles. The highest BCUT2D eigenvalue weighted by Gasteiger charge is 2.25. The Bertz CT molecular complexity index is 515. The average Bonchev–Trinajstić information content (AvgIpc) is 2.56. The molecule has 0 spiro atoms. The number of primary amides is 1. The van der Waals surface area contributed by atoms with Crippen molar-refractivity contribution in [2.75, 3.05) is 0 Å². The number of allylic oxidation sites excluding steroid dienone is 1. The molecule has 0 fully saturated rings. The van der Waals surface area contributed by atoms with E-state index in [2.05, 4.69) is 0 Å². The molecule has 1 aliphatic carbocycles. The summed E-state index contributed by atoms with van der Waals surface area (Å²) < 4.78 is 0. The van der Waals surface area contributed by atoms with E-state index in [9.17, 15) is 9.59 Å². The maximum Gasteiger partial charge on any atom is 0.289 e. The lowest BCUT2D eigenvalue weighted by Crippen LogP contribution is -2.23. The van der Waals surface area contributed by atoms with Gasteiger partial charge in [0.2, 0.25) is 0 Å². The van der Waals surface area contributed by atoms with Crippen molar-refractivity contribution in [3.05, 3.63) is 41.5 Å². The smallest absolute Gasteiger partial charge is 0.289 e. The molecule has 4 nitrogen and oxygen atoms in total. The van der Waals surface area contributed by atoms with Gasteiger partial charge in [-0.25, -0.2) is 0 Å². The zero-order valence-corrected chi connectivity index (χ0v) is 7.78. The van der Waals surface area contributed by atoms with Crippen molar-refractivity contribution in [1.82, 2.24) is 0 Å². The molecule has 0 aliphatic heterocycles. The monoisotopic (exact) mass is 200 g/mol. The van der Waals surface area contributed by atoms with Crippen LogP contribution in [0.25, 0.3) is 5.57 Å². The Labute approximate surface area is 85.9 Å². The molecular formula is C11H8N2O2. The Morgan fingerprint density at radius 3 is 2.33 bits per heavy atom. The molecule has 0 atom stereocenters. The first-order valence-electron chi connectivity index (χ1n) is 4.35. The standard InChI is InChI=1S/C11H8N2O2/c12-9-5-8(10(14)11(13)15)6-3-1-2-4-7(6)9/h1-5,12H,(H2,13,15). The number of nitrogens with one attached hydrogen (secondary N) is 1. The predicted molar refractivity (Wildman–Crippen MR) is 55.4 cm³/mol. The Balaban J connectivity index is 2.55. The first kappa shape index (κ1) is 9.33. The molecule has 3 N–H and O–H groups in total. The van der Waals surface area contributed by atoms with Gasteiger partial charge in [0.25, 0.3) is 11.7 Å². The van der Waals surface area contributed by atoms with Crippen molar-refractivity contribution >= 4 is 23.0 Å². The summed E-state index contributed by atoms with van der Waals surface area (Å²) >= 11 is 0. The lowest BCUT2D eigenvalue weighted by Gasteiger charge is -2.00. The molecule has 1 aromatic rings. The lowest BCUT2D eigenvalue weighted by atomic mass is 10.0. The summed E-state index contributed by atoms with van der Waals surface area (Å²) in [6.07, 6.45) is 1.37. The van der Waals surface area contributed by atoms with Crippen LogP contribution in [-0.4, -0.2) is 17.4 Å². The van der Waals surface area contributed by atoms with Gasteiger partial charge < -0.3 is 11.1 Å². The number of amides is 1. The fourth-order valence-electron chi connectivity index (χ4n) is 1.57. The van der Waals surface area contributed by atoms with Gasteiger partial charge in [0, 0.05) is 11.1 Å². The van der Waals surface area contributed by atoms with E-state index in [4.69, 9.17) is 11.1 Å². The lowest BCUT2D eigenvalue weighted by molar-refractivity contribution is -0.132. The third kappa shape index (κ3) is 1.36. The molecule has 0 bridgehead atoms. The number of rotatable bonds is 2. The summed E-state index contributed by atoms with van der Waals surface area (Å²) in [7, 11) is 0. The van der Waals surface area contributed by atoms with E-state index < -0.39 is 11.7 Å². The summed E-state index contributed by atoms with van der Waals surface area (Å²) in [5.41, 5.74) is 6.62. The fourth-order valence-corrected chi connectivity index (χ4v) is 1.57. The Hall–Kier alpha value is -2.23. The highest BCUT2D eigenvalue weighted by Crippen LogP contribution is 2.27. The van der Waals surface area contributed by atoms with Crippen molar-refractivity contribution in [2.45, 2.75) is 0 Å². The van der Waals surface area contributed by atoms with Gasteiger partial charge in [-0.2, -0.15) is 0 Å². The second-order valence-corrected chi connectivity index (χ2v) is 3.21. The van der Waals surface area contributed by atoms with E-state index in [0.717, 1.165) is 0 Å². The first-order valence-corrected chi connectivity index (χ1v) is 4.35. The maximum atomic E-state index is 11.4. The number of carbonyl (C=O) groups is 2. The number of hydrogen-bond donors (Lipinski definition) is 2. The number of fused-ring (bicyclic) bond motifs is 1. The van der Waals surface area contributed by atoms with E-state index in [-0.39, 0.29) is 11.3 Å². The van der Waals surface area contributed by atoms with Crippen LogP contribution in [-0.2, 0) is 9.59 Å². The van der Waals surface area contributed by atoms with E-state index in [1.54, 1.807) is 24.3 Å². The third-order valence-corrected chi connectivity index (χ3v) is 2.26. The number of Topliss-reactive ketones (excluding diaryl/α,β-unsaturated/α-hetero) is 1. The van der Waals surface area contributed by atoms with Crippen molar-refractivity contribution in [1.29, 1.82) is 5.41 Å². The minimum Gasteiger partial charge on any atom is -0.363 e. The number of nitrogens with two attached hydrogens (primary N) is 1. The molecule has 15 heavy (non-hydrogen) atoms. The zero-order valence-electron chi connectivity index (χ0n) is 7.78. The SMILES string of the molecule is N=C1C=C(C(=O)C(N)=O)c2ccccc21. The van der Waals surface area contributed by atoms with Gasteiger partial charge in [0.15, 0.2) is 0 Å². The maximum absolute atomic E-state index is 11.4. The predicted octanol–water partition coefficient (Wildman–Crippen LogP) is 0.506. The largest absolute Gasteiger partial charge is 0.363 e. The summed E-state index contributed by atoms with van der Waals surface area (Å²) in [4.78, 5) is 22.2. The van der Waals surface area contributed by atoms with E-state index >= 15 is 0 Å². The summed E-state index contributed by atoms with van der Waals surface area (Å²) in [6, 6.07) is 6.96. The van der Waals surface area contributed by atoms with Crippen LogP contribution in [0.3, 0.4) is 0 Å². The third-order valence-electron chi connectivity index (χ3n) is 2.26. The molecule has 0 saturated carbocycles. The fraction of sp³-hybridized carbons (Fsp3) is 0. The number of ketones is 1. The van der Waals surface area contributed by atoms with Crippen molar-refractivity contribution < 1.29 is 9.59 Å². The summed E-state index contributed by atoms with van der Waals surface area (Å²) in [5, 5.41) is 7.61. The van der Waals surface area contributed by atoms with Crippen molar-refractivity contribution in [3.8, 4) is 0 Å². The number of hydrogen-bond acceptors (Lipinski definition) is 3. The molecule has 0 heterocycles. The van der Waals surface area contributed by atoms with Crippen molar-refractivity contribution in [2.24, 2.45) is 5.73 Å². The van der Waals surface area contributed by atoms with Gasteiger partial charge in [0.1, 0.15) is 0 Å². The summed E-state index contributed by atoms with van der Waals surface area (Å²) in [6.45, 7) is 0. The molecule has 0 saturated heterocycles. The summed E-state index contributed by atoms with van der Waals surface area (Å²) in [5.74, 6) is -1.74. The van der Waals surface area contributed by atoms with Gasteiger partial charge in [-0.15, -0.1) is 0 Å². The molecule has 74 valence electrons. The van der Waals surface area contributed by atoms with Crippen LogP contribution in [0.4, 0.5) is 0 Å². The van der Waals surface area contributed by atoms with Gasteiger partial charge in [-0.1, -0.05) is 24.3 Å². The Morgan fingerprint density at radius 2 is 1.73 bits per heavy atom. The second-order valence-electron chi connectivity index (χ2n) is 3.21. The van der Waals surface area contributed by atoms with Crippen LogP contribution in [0.2, 0.25) is 0 Å². The highest BCUT2D eigenvalue weighted by atomic mass is 16.2. The minimum atomic E-state index is -0.995. The molecule has 2 rings (SSSR count). The van der Waals surface area contributed by atoms with Gasteiger partial charge in [-0.3, -0.25) is 9.59 Å². The van der Waals surface area contributed by atoms with Crippen LogP contribution in [0, 0.1) is 5.41 Å². The van der Waals surface area contributed by atoms with Crippen LogP contribution >= 0.6 is 0 Å². The molecule has 1 amide bonds. The molecule has 1 aliphatic rings. The zero-order chi connectivity index (χ0) is 11.0. The Kier molecular flexibility index (Phi) is 1.97. The van der Waals surface area contributed by atoms with Crippen molar-refractivity contribution in [3.63, 3.8) is 0 Å². The molecule has 0 radical (unpaired) electrons. The van der Waals surface area contributed by atoms with Gasteiger partial charge in [0.05, 0.1) is 5.71 Å². The van der Waals surface area contributed by atoms with Gasteiger partial charge in [-0.05, 0) is 11.6 Å². The molecular weight excluding hydrogens is 192 g/mol. The molecule has 0 unspecified atom stereocenters. The van der Waals surface area contributed by atoms with E-state index in [1.807, 2.05) is 0 Å². The van der Waals surface area contributed by atoms with Crippen LogP contribution in [0.15, 0.2) is 30.3 Å². The molecule has 4 heteroatoms. The normalized spacial score (nSPS) is 13.3. The minimum absolute atomic E-state index is 0.211. The Morgan fingerprint density at radius 1 is 1.13 bits per heavy atom. The van der Waals surface area contributed by atoms with Crippen LogP contribution < -0.4 is 5.73 Å². The first-order chi connectivity index (χ1) is 7.11. The number of carbonyl (C=O) groups excluding carboxylic acids is 2. The van der Waals surface area contributed by atoms with E-state index in [1.165, 1.54) is 6.08 Å².